The number of cyclic esters (lactones) is 1. The fourth-order valence-electron chi connectivity index (χ4n) is 15.4. The predicted molar refractivity (Wildman–Crippen MR) is 504 cm³/mol. The maximum Gasteiger partial charge on any atom is 0.350 e. The second-order valence-electron chi connectivity index (χ2n) is 37.5. The summed E-state index contributed by atoms with van der Waals surface area (Å²) >= 11 is 0. The molecule has 15 rings (SSSR count). The van der Waals surface area contributed by atoms with E-state index in [-0.39, 0.29) is 154 Å². The number of carbonyl (C=O) groups is 12. The summed E-state index contributed by atoms with van der Waals surface area (Å²) in [6, 6.07) is 0. The van der Waals surface area contributed by atoms with Crippen LogP contribution in [-0.4, -0.2) is 224 Å². The lowest BCUT2D eigenvalue weighted by molar-refractivity contribution is -0.246. The minimum Gasteiger partial charge on any atom is -0.469 e. The van der Waals surface area contributed by atoms with Gasteiger partial charge in [-0.05, 0) is 193 Å². The summed E-state index contributed by atoms with van der Waals surface area (Å²) in [6.07, 6.45) is 6.77. The smallest absolute Gasteiger partial charge is 0.350 e. The third-order valence-corrected chi connectivity index (χ3v) is 26.2. The van der Waals surface area contributed by atoms with Crippen LogP contribution in [0, 0.1) is 56.2 Å². The number of methoxy groups -OCH3 is 1. The minimum atomic E-state index is -1.44. The van der Waals surface area contributed by atoms with E-state index in [2.05, 4.69) is 4.74 Å². The molecule has 133 heavy (non-hydrogen) atoms. The summed E-state index contributed by atoms with van der Waals surface area (Å²) < 4.78 is 102. The number of hydrogen-bond donors (Lipinski definition) is 2. The Labute approximate surface area is 799 Å². The van der Waals surface area contributed by atoms with E-state index in [4.69, 9.17) is 85.3 Å². The maximum atomic E-state index is 12.3. The molecular formula is C100H184O33. The number of allylic oxidation sites excluding steroid dienone is 1. The Morgan fingerprint density at radius 3 is 1.15 bits per heavy atom. The molecule has 0 aromatic carbocycles. The number of aliphatic hydroxyl groups excluding tert-OH is 2. The summed E-state index contributed by atoms with van der Waals surface area (Å²) in [5.41, 5.74) is -3.45. The Balaban J connectivity index is -0.000000479. The van der Waals surface area contributed by atoms with E-state index in [9.17, 15) is 67.7 Å². The topological polar surface area (TPSA) is 421 Å². The number of hydrogen-bond acceptors (Lipinski definition) is 33. The average molecular weight is 1910 g/mol. The number of ether oxygens (including phenoxy) is 19. The zero-order valence-corrected chi connectivity index (χ0v) is 75.1. The van der Waals surface area contributed by atoms with Gasteiger partial charge in [0.05, 0.1) is 58.0 Å². The van der Waals surface area contributed by atoms with E-state index in [1.54, 1.807) is 55.4 Å². The van der Waals surface area contributed by atoms with Gasteiger partial charge < -0.3 is 100 Å². The first-order chi connectivity index (χ1) is 56.6. The Kier molecular flexibility index (Phi) is 55.6. The van der Waals surface area contributed by atoms with Crippen LogP contribution in [0.4, 0.5) is 0 Å². The molecule has 33 heteroatoms. The van der Waals surface area contributed by atoms with Crippen molar-refractivity contribution in [1.82, 2.24) is 0 Å². The van der Waals surface area contributed by atoms with Crippen LogP contribution in [-0.2, 0) is 148 Å². The molecule has 33 nitrogen and oxygen atoms in total. The highest BCUT2D eigenvalue weighted by molar-refractivity contribution is 5.87. The van der Waals surface area contributed by atoms with Crippen molar-refractivity contribution < 1.29 is 158 Å². The fourth-order valence-corrected chi connectivity index (χ4v) is 15.4. The minimum absolute atomic E-state index is 0. The second-order valence-corrected chi connectivity index (χ2v) is 37.5. The first kappa shape index (κ1) is 134. The van der Waals surface area contributed by atoms with Gasteiger partial charge in [0.25, 0.3) is 0 Å². The zero-order valence-electron chi connectivity index (χ0n) is 75.1. The number of aliphatic hydroxyl groups is 2. The molecule has 0 bridgehead atoms. The van der Waals surface area contributed by atoms with Crippen LogP contribution >= 0.6 is 0 Å². The molecule has 14 fully saturated rings. The van der Waals surface area contributed by atoms with Gasteiger partial charge in [0.1, 0.15) is 36.6 Å². The molecule has 782 valence electrons. The molecule has 3 saturated carbocycles. The van der Waals surface area contributed by atoms with Crippen molar-refractivity contribution in [3.8, 4) is 0 Å². The van der Waals surface area contributed by atoms with E-state index < -0.39 is 185 Å². The van der Waals surface area contributed by atoms with Gasteiger partial charge in [-0.3, -0.25) is 33.6 Å². The van der Waals surface area contributed by atoms with Crippen LogP contribution in [0.3, 0.4) is 0 Å². The highest BCUT2D eigenvalue weighted by atomic mass is 16.9. The van der Waals surface area contributed by atoms with Gasteiger partial charge in [-0.15, -0.1) is 0 Å². The van der Waals surface area contributed by atoms with Gasteiger partial charge in [-0.25, -0.2) is 24.0 Å². The van der Waals surface area contributed by atoms with E-state index in [1.165, 1.54) is 32.8 Å². The van der Waals surface area contributed by atoms with Gasteiger partial charge in [0.15, 0.2) is 61.0 Å². The first-order valence-electron chi connectivity index (χ1n) is 43.6. The van der Waals surface area contributed by atoms with Crippen molar-refractivity contribution >= 4 is 71.6 Å². The molecule has 11 saturated heterocycles. The Bertz CT molecular complexity index is 3650. The summed E-state index contributed by atoms with van der Waals surface area (Å²) in [5, 5.41) is 18.9. The quantitative estimate of drug-likeness (QED) is 0.0776. The highest BCUT2D eigenvalue weighted by Gasteiger charge is 2.68. The number of rotatable bonds is 17. The largest absolute Gasteiger partial charge is 0.469 e. The molecule has 4 aliphatic carbocycles. The summed E-state index contributed by atoms with van der Waals surface area (Å²) in [4.78, 5) is 141. The molecule has 23 atom stereocenters. The van der Waals surface area contributed by atoms with Gasteiger partial charge in [-0.2, -0.15) is 0 Å². The number of esters is 12. The summed E-state index contributed by atoms with van der Waals surface area (Å²) in [6.45, 7) is 41.3. The van der Waals surface area contributed by atoms with Gasteiger partial charge in [0.2, 0.25) is 30.5 Å². The van der Waals surface area contributed by atoms with Crippen LogP contribution < -0.4 is 0 Å². The van der Waals surface area contributed by atoms with E-state index >= 15 is 0 Å². The number of carbonyl (C=O) groups excluding carboxylic acids is 12. The van der Waals surface area contributed by atoms with Crippen molar-refractivity contribution in [3.05, 3.63) is 12.2 Å². The van der Waals surface area contributed by atoms with Crippen molar-refractivity contribution in [2.24, 2.45) is 56.2 Å². The van der Waals surface area contributed by atoms with Crippen molar-refractivity contribution in [2.75, 3.05) is 13.7 Å². The average Bonchev–Trinajstić information content (AvgIpc) is 1.58. The highest BCUT2D eigenvalue weighted by Crippen LogP contribution is 2.50. The third-order valence-electron chi connectivity index (χ3n) is 26.2. The second kappa shape index (κ2) is 55.0. The van der Waals surface area contributed by atoms with Crippen molar-refractivity contribution in [2.45, 2.75) is 492 Å². The van der Waals surface area contributed by atoms with Gasteiger partial charge >= 0.3 is 71.6 Å². The van der Waals surface area contributed by atoms with Crippen LogP contribution in [0.15, 0.2) is 12.2 Å². The lowest BCUT2D eigenvalue weighted by Gasteiger charge is -2.33. The fraction of sp³-hybridized carbons (Fsp3) is 0.860. The molecular weight excluding hydrogens is 1730 g/mol. The van der Waals surface area contributed by atoms with Crippen molar-refractivity contribution in [1.29, 1.82) is 0 Å². The Morgan fingerprint density at radius 2 is 0.744 bits per heavy atom. The predicted octanol–water partition coefficient (Wildman–Crippen LogP) is 18.0. The number of fused-ring (bicyclic) bond motifs is 10. The monoisotopic (exact) mass is 1910 g/mol. The molecule has 1 spiro atoms. The molecule has 0 aromatic rings. The van der Waals surface area contributed by atoms with Crippen molar-refractivity contribution in [3.63, 3.8) is 0 Å². The molecule has 0 amide bonds. The lowest BCUT2D eigenvalue weighted by Crippen LogP contribution is -2.41. The Hall–Kier alpha value is -6.98. The van der Waals surface area contributed by atoms with E-state index in [1.807, 2.05) is 109 Å². The van der Waals surface area contributed by atoms with E-state index in [0.717, 1.165) is 64.2 Å². The van der Waals surface area contributed by atoms with Gasteiger partial charge in [-0.1, -0.05) is 170 Å². The van der Waals surface area contributed by atoms with Crippen LogP contribution in [0.1, 0.15) is 363 Å². The SMILES string of the molecule is C.C.C.C.C.C.C.C.C.C.C.C.CC.CCC(C)(C)C(=O)OC.CCC(C)(C)C(=O)OC1C(=O)OC2C(O)C(O)OC12.CCC(C)(C)C(=O)OC1C(=O)OC2C3OC(C)(C)OC3OC12.CCC(C)(C)C(=O)OC1C(=O)OC2C3OC4(CCCCC4)OC3OC12.CCC(C)(C)C(=O)OC1C(=O)OC2C=CCC21.CCC(C)(C)C(=O)OC1C(=O)OC2CCCC21.O=C1OCC2CCCCC12. The normalized spacial score (nSPS) is 31.1. The molecule has 11 heterocycles. The van der Waals surface area contributed by atoms with Gasteiger partial charge in [0, 0.05) is 24.7 Å². The molecule has 0 aromatic heterocycles. The molecule has 23 unspecified atom stereocenters. The molecule has 11 aliphatic heterocycles. The van der Waals surface area contributed by atoms with E-state index in [0.29, 0.717) is 44.6 Å². The molecule has 0 radical (unpaired) electrons. The van der Waals surface area contributed by atoms with Crippen LogP contribution in [0.25, 0.3) is 0 Å². The first-order valence-corrected chi connectivity index (χ1v) is 43.6. The molecule has 2 N–H and O–H groups in total. The molecule has 15 aliphatic rings. The lowest BCUT2D eigenvalue weighted by atomic mass is 9.81. The zero-order chi connectivity index (χ0) is 90.2. The third kappa shape index (κ3) is 31.0. The van der Waals surface area contributed by atoms with Crippen LogP contribution in [0.5, 0.6) is 0 Å². The van der Waals surface area contributed by atoms with Crippen LogP contribution in [0.2, 0.25) is 0 Å². The summed E-state index contributed by atoms with van der Waals surface area (Å²) in [7, 11) is 1.42. The maximum absolute atomic E-state index is 12.3. The summed E-state index contributed by atoms with van der Waals surface area (Å²) in [5.74, 6) is -5.31. The standard InChI is InChI=1S/C18H26O7.C15H22O7.C13H20O4.C13H18O4.C12H18O7.C8H12O2.C7H14O2.C2H6.12CH4/c1-4-17(2,3)16(20)23-12-10-11(21-14(12)19)13-15(22-10)25-18(24-13)8-6-5-7-9-18;1-6-14(2,3)13(17)20-9-7-8(18-11(9)16)10-12(19-7)22-15(4,5)21-10;2*1-4-13(2,3)12(15)17-10-8-6-5-7-9(8)16-11(10)14;1-4-12(2,3)11(16)19-8-7-6(17-10(8)15)5(13)9(14)18-7;9-8-7-4-2-1-3-6(7)5-10-8;1-5-7(2,3)6(8)9-4;1-2;;;;;;;;;;;;/h10-13,15H,4-9H2,1-3H3;7-10,12H,6H2,1-5H3;8-10H,4-7H2,1-3H3;5,7-10H,4,6H2,1-3H3;5-9,13-14H,4H2,1-3H3;6-7H,1-5H2;5H2,1-4H3;1-2H3;12*1H4. The Morgan fingerprint density at radius 1 is 0.383 bits per heavy atom.